The normalized spacial score (nSPS) is 14.6. The van der Waals surface area contributed by atoms with Crippen molar-refractivity contribution in [3.05, 3.63) is 77.9 Å². The van der Waals surface area contributed by atoms with Gasteiger partial charge in [-0.1, -0.05) is 6.58 Å². The fourth-order valence-electron chi connectivity index (χ4n) is 3.50. The Morgan fingerprint density at radius 1 is 1.07 bits per heavy atom. The molecule has 0 bridgehead atoms. The molecule has 28 heavy (non-hydrogen) atoms. The third-order valence-corrected chi connectivity index (χ3v) is 5.15. The molecule has 2 aromatic rings. The summed E-state index contributed by atoms with van der Waals surface area (Å²) in [6.45, 7) is 4.51. The zero-order valence-corrected chi connectivity index (χ0v) is 15.7. The van der Waals surface area contributed by atoms with Crippen molar-refractivity contribution >= 4 is 17.5 Å². The SMILES string of the molecule is C=CC(=O)N(C)c1ccc(C(=O)N2CCC(c3cc(F)cc(F)c3)CC2)cc1. The molecule has 1 aliphatic heterocycles. The van der Waals surface area contributed by atoms with Gasteiger partial charge >= 0.3 is 0 Å². The summed E-state index contributed by atoms with van der Waals surface area (Å²) in [6, 6.07) is 10.4. The molecule has 1 aliphatic rings. The van der Waals surface area contributed by atoms with Crippen LogP contribution in [0.5, 0.6) is 0 Å². The number of rotatable bonds is 4. The number of carbonyl (C=O) groups excluding carboxylic acids is 2. The summed E-state index contributed by atoms with van der Waals surface area (Å²) in [5.41, 5.74) is 1.86. The molecule has 2 amide bonds. The van der Waals surface area contributed by atoms with Crippen LogP contribution in [-0.4, -0.2) is 36.9 Å². The number of halogens is 2. The Kier molecular flexibility index (Phi) is 5.87. The molecule has 1 saturated heterocycles. The second-order valence-corrected chi connectivity index (χ2v) is 6.92. The average Bonchev–Trinajstić information content (AvgIpc) is 2.71. The molecule has 0 unspecified atom stereocenters. The summed E-state index contributed by atoms with van der Waals surface area (Å²) in [6.07, 6.45) is 2.54. The van der Waals surface area contributed by atoms with Gasteiger partial charge in [-0.3, -0.25) is 9.59 Å². The van der Waals surface area contributed by atoms with E-state index in [9.17, 15) is 18.4 Å². The van der Waals surface area contributed by atoms with Gasteiger partial charge in [0.1, 0.15) is 11.6 Å². The van der Waals surface area contributed by atoms with Crippen LogP contribution in [0.1, 0.15) is 34.7 Å². The van der Waals surface area contributed by atoms with Crippen LogP contribution < -0.4 is 4.90 Å². The smallest absolute Gasteiger partial charge is 0.253 e. The first-order valence-corrected chi connectivity index (χ1v) is 9.14. The van der Waals surface area contributed by atoms with E-state index in [2.05, 4.69) is 6.58 Å². The van der Waals surface area contributed by atoms with E-state index in [-0.39, 0.29) is 17.7 Å². The summed E-state index contributed by atoms with van der Waals surface area (Å²) in [4.78, 5) is 27.6. The second kappa shape index (κ2) is 8.33. The lowest BCUT2D eigenvalue weighted by molar-refractivity contribution is -0.113. The predicted octanol–water partition coefficient (Wildman–Crippen LogP) is 4.13. The number of carbonyl (C=O) groups is 2. The van der Waals surface area contributed by atoms with Gasteiger partial charge in [-0.25, -0.2) is 8.78 Å². The summed E-state index contributed by atoms with van der Waals surface area (Å²) in [5.74, 6) is -1.43. The van der Waals surface area contributed by atoms with Crippen molar-refractivity contribution in [1.82, 2.24) is 4.90 Å². The van der Waals surface area contributed by atoms with Crippen molar-refractivity contribution in [3.63, 3.8) is 0 Å². The Hall–Kier alpha value is -3.02. The summed E-state index contributed by atoms with van der Waals surface area (Å²) < 4.78 is 26.9. The number of likely N-dealkylation sites (N-methyl/N-ethyl adjacent to an activating group) is 1. The maximum Gasteiger partial charge on any atom is 0.253 e. The minimum atomic E-state index is -0.575. The highest BCUT2D eigenvalue weighted by Gasteiger charge is 2.25. The summed E-state index contributed by atoms with van der Waals surface area (Å²) in [7, 11) is 1.64. The van der Waals surface area contributed by atoms with Gasteiger partial charge in [-0.2, -0.15) is 0 Å². The summed E-state index contributed by atoms with van der Waals surface area (Å²) in [5, 5.41) is 0. The maximum absolute atomic E-state index is 13.4. The maximum atomic E-state index is 13.4. The molecular weight excluding hydrogens is 362 g/mol. The minimum Gasteiger partial charge on any atom is -0.339 e. The average molecular weight is 384 g/mol. The van der Waals surface area contributed by atoms with Crippen LogP contribution in [0.15, 0.2) is 55.1 Å². The zero-order valence-electron chi connectivity index (χ0n) is 15.7. The van der Waals surface area contributed by atoms with Crippen molar-refractivity contribution in [2.45, 2.75) is 18.8 Å². The molecule has 0 aliphatic carbocycles. The molecule has 0 atom stereocenters. The minimum absolute atomic E-state index is 0.0372. The zero-order chi connectivity index (χ0) is 20.3. The van der Waals surface area contributed by atoms with Crippen molar-refractivity contribution in [2.75, 3.05) is 25.0 Å². The standard InChI is InChI=1S/C22H22F2N2O2/c1-3-21(27)25(2)20-6-4-16(5-7-20)22(28)26-10-8-15(9-11-26)17-12-18(23)14-19(24)13-17/h3-7,12-15H,1,8-11H2,2H3. The van der Waals surface area contributed by atoms with Gasteiger partial charge in [-0.15, -0.1) is 0 Å². The van der Waals surface area contributed by atoms with Crippen LogP contribution in [0, 0.1) is 11.6 Å². The van der Waals surface area contributed by atoms with E-state index in [1.807, 2.05) is 0 Å². The monoisotopic (exact) mass is 384 g/mol. The number of nitrogens with zero attached hydrogens (tertiary/aromatic N) is 2. The molecule has 2 aromatic carbocycles. The molecule has 0 N–H and O–H groups in total. The molecule has 6 heteroatoms. The van der Waals surface area contributed by atoms with E-state index < -0.39 is 11.6 Å². The van der Waals surface area contributed by atoms with E-state index in [4.69, 9.17) is 0 Å². The van der Waals surface area contributed by atoms with Crippen molar-refractivity contribution < 1.29 is 18.4 Å². The van der Waals surface area contributed by atoms with Crippen LogP contribution >= 0.6 is 0 Å². The lowest BCUT2D eigenvalue weighted by Crippen LogP contribution is -2.38. The number of hydrogen-bond donors (Lipinski definition) is 0. The number of hydrogen-bond acceptors (Lipinski definition) is 2. The van der Waals surface area contributed by atoms with Gasteiger partial charge < -0.3 is 9.80 Å². The molecule has 0 aromatic heterocycles. The first-order chi connectivity index (χ1) is 13.4. The van der Waals surface area contributed by atoms with E-state index in [0.29, 0.717) is 42.7 Å². The second-order valence-electron chi connectivity index (χ2n) is 6.92. The first-order valence-electron chi connectivity index (χ1n) is 9.14. The molecular formula is C22H22F2N2O2. The Bertz CT molecular complexity index is 868. The Balaban J connectivity index is 1.63. The van der Waals surface area contributed by atoms with E-state index in [1.165, 1.54) is 23.1 Å². The van der Waals surface area contributed by atoms with Crippen LogP contribution in [-0.2, 0) is 4.79 Å². The molecule has 1 heterocycles. The molecule has 0 radical (unpaired) electrons. The van der Waals surface area contributed by atoms with Gasteiger partial charge in [0, 0.05) is 37.5 Å². The predicted molar refractivity (Wildman–Crippen MR) is 104 cm³/mol. The van der Waals surface area contributed by atoms with Gasteiger partial charge in [0.2, 0.25) is 5.91 Å². The largest absolute Gasteiger partial charge is 0.339 e. The Labute approximate surface area is 163 Å². The fraction of sp³-hybridized carbons (Fsp3) is 0.273. The van der Waals surface area contributed by atoms with Crippen LogP contribution in [0.4, 0.5) is 14.5 Å². The van der Waals surface area contributed by atoms with Crippen molar-refractivity contribution in [3.8, 4) is 0 Å². The van der Waals surface area contributed by atoms with Gasteiger partial charge in [-0.05, 0) is 66.8 Å². The molecule has 146 valence electrons. The molecule has 0 saturated carbocycles. The number of piperidine rings is 1. The van der Waals surface area contributed by atoms with E-state index >= 15 is 0 Å². The topological polar surface area (TPSA) is 40.6 Å². The van der Waals surface area contributed by atoms with Crippen LogP contribution in [0.2, 0.25) is 0 Å². The number of benzene rings is 2. The summed E-state index contributed by atoms with van der Waals surface area (Å²) >= 11 is 0. The van der Waals surface area contributed by atoms with E-state index in [1.54, 1.807) is 36.2 Å². The first kappa shape index (κ1) is 19.7. The third kappa shape index (κ3) is 4.27. The number of amides is 2. The third-order valence-electron chi connectivity index (χ3n) is 5.15. The van der Waals surface area contributed by atoms with E-state index in [0.717, 1.165) is 6.07 Å². The fourth-order valence-corrected chi connectivity index (χ4v) is 3.50. The highest BCUT2D eigenvalue weighted by Crippen LogP contribution is 2.30. The highest BCUT2D eigenvalue weighted by atomic mass is 19.1. The van der Waals surface area contributed by atoms with Crippen molar-refractivity contribution in [2.24, 2.45) is 0 Å². The van der Waals surface area contributed by atoms with Crippen LogP contribution in [0.3, 0.4) is 0 Å². The van der Waals surface area contributed by atoms with Crippen LogP contribution in [0.25, 0.3) is 0 Å². The number of anilines is 1. The Morgan fingerprint density at radius 3 is 2.18 bits per heavy atom. The molecule has 3 rings (SSSR count). The highest BCUT2D eigenvalue weighted by molar-refractivity contribution is 6.01. The van der Waals surface area contributed by atoms with Gasteiger partial charge in [0.25, 0.3) is 5.91 Å². The molecule has 4 nitrogen and oxygen atoms in total. The lowest BCUT2D eigenvalue weighted by Gasteiger charge is -2.32. The van der Waals surface area contributed by atoms with Crippen molar-refractivity contribution in [1.29, 1.82) is 0 Å². The number of likely N-dealkylation sites (tertiary alicyclic amines) is 1. The van der Waals surface area contributed by atoms with Gasteiger partial charge in [0.15, 0.2) is 0 Å². The Morgan fingerprint density at radius 2 is 1.64 bits per heavy atom. The van der Waals surface area contributed by atoms with Gasteiger partial charge in [0.05, 0.1) is 0 Å². The molecule has 1 fully saturated rings. The quantitative estimate of drug-likeness (QED) is 0.744. The lowest BCUT2D eigenvalue weighted by atomic mass is 9.89. The molecule has 0 spiro atoms.